The largest absolute Gasteiger partial charge is 0.388 e. The number of benzene rings is 1. The van der Waals surface area contributed by atoms with E-state index in [2.05, 4.69) is 10.0 Å². The van der Waals surface area contributed by atoms with Gasteiger partial charge in [0.15, 0.2) is 0 Å². The molecule has 0 saturated heterocycles. The Labute approximate surface area is 120 Å². The van der Waals surface area contributed by atoms with Crippen LogP contribution < -0.4 is 10.0 Å². The van der Waals surface area contributed by atoms with Crippen LogP contribution in [0.4, 0.5) is 5.69 Å². The van der Waals surface area contributed by atoms with Crippen molar-refractivity contribution in [3.63, 3.8) is 0 Å². The summed E-state index contributed by atoms with van der Waals surface area (Å²) in [5.74, 6) is 0. The first-order valence-electron chi connectivity index (χ1n) is 6.44. The first kappa shape index (κ1) is 16.9. The van der Waals surface area contributed by atoms with Crippen molar-refractivity contribution in [2.75, 3.05) is 45.8 Å². The Morgan fingerprint density at radius 1 is 1.10 bits per heavy atom. The summed E-state index contributed by atoms with van der Waals surface area (Å²) in [6.07, 6.45) is 0.623. The van der Waals surface area contributed by atoms with Crippen molar-refractivity contribution >= 4 is 15.7 Å². The Balaban J connectivity index is 2.33. The van der Waals surface area contributed by atoms with Gasteiger partial charge in [0.1, 0.15) is 0 Å². The highest BCUT2D eigenvalue weighted by atomic mass is 32.2. The molecular formula is C13H22N2O4S. The molecule has 0 spiro atoms. The summed E-state index contributed by atoms with van der Waals surface area (Å²) in [6, 6.07) is 6.59. The second-order valence-electron chi connectivity index (χ2n) is 4.13. The van der Waals surface area contributed by atoms with Crippen LogP contribution in [0.2, 0.25) is 0 Å². The number of sulfonamides is 1. The van der Waals surface area contributed by atoms with Gasteiger partial charge in [0, 0.05) is 33.0 Å². The number of hydrogen-bond donors (Lipinski definition) is 2. The summed E-state index contributed by atoms with van der Waals surface area (Å²) in [5, 5.41) is 2.94. The van der Waals surface area contributed by atoms with Gasteiger partial charge in [-0.25, -0.2) is 13.1 Å². The summed E-state index contributed by atoms with van der Waals surface area (Å²) in [6.45, 7) is 1.92. The standard InChI is InChI=1S/C13H22N2O4S/c1-14-12-4-6-13(7-5-12)20(16,17)15-8-3-9-19-11-10-18-2/h4-7,14-15H,3,8-11H2,1-2H3. The topological polar surface area (TPSA) is 76.7 Å². The predicted molar refractivity (Wildman–Crippen MR) is 78.5 cm³/mol. The molecule has 2 N–H and O–H groups in total. The lowest BCUT2D eigenvalue weighted by Gasteiger charge is -2.08. The molecule has 0 unspecified atom stereocenters. The molecule has 0 aliphatic heterocycles. The molecule has 0 aliphatic carbocycles. The van der Waals surface area contributed by atoms with Crippen LogP contribution in [0, 0.1) is 0 Å². The van der Waals surface area contributed by atoms with Crippen LogP contribution in [0.3, 0.4) is 0 Å². The number of nitrogens with one attached hydrogen (secondary N) is 2. The molecule has 0 aromatic heterocycles. The van der Waals surface area contributed by atoms with Gasteiger partial charge in [0.05, 0.1) is 18.1 Å². The third kappa shape index (κ3) is 5.87. The number of ether oxygens (including phenoxy) is 2. The Morgan fingerprint density at radius 2 is 1.80 bits per heavy atom. The van der Waals surface area contributed by atoms with Crippen LogP contribution >= 0.6 is 0 Å². The molecular weight excluding hydrogens is 280 g/mol. The first-order chi connectivity index (χ1) is 9.60. The summed E-state index contributed by atoms with van der Waals surface area (Å²) in [7, 11) is -0.0497. The number of anilines is 1. The average molecular weight is 302 g/mol. The normalized spacial score (nSPS) is 11.5. The monoisotopic (exact) mass is 302 g/mol. The fourth-order valence-corrected chi connectivity index (χ4v) is 2.58. The molecule has 0 heterocycles. The molecule has 0 amide bonds. The van der Waals surface area contributed by atoms with Gasteiger partial charge in [-0.2, -0.15) is 0 Å². The van der Waals surface area contributed by atoms with Crippen LogP contribution in [0.5, 0.6) is 0 Å². The van der Waals surface area contributed by atoms with Crippen LogP contribution in [0.1, 0.15) is 6.42 Å². The summed E-state index contributed by atoms with van der Waals surface area (Å²) < 4.78 is 36.6. The van der Waals surface area contributed by atoms with E-state index in [1.54, 1.807) is 38.4 Å². The lowest BCUT2D eigenvalue weighted by molar-refractivity contribution is 0.0699. The molecule has 0 saturated carbocycles. The molecule has 20 heavy (non-hydrogen) atoms. The molecule has 7 heteroatoms. The van der Waals surface area contributed by atoms with Gasteiger partial charge >= 0.3 is 0 Å². The average Bonchev–Trinajstić information content (AvgIpc) is 2.46. The van der Waals surface area contributed by atoms with Crippen molar-refractivity contribution in [1.82, 2.24) is 4.72 Å². The number of hydrogen-bond acceptors (Lipinski definition) is 5. The highest BCUT2D eigenvalue weighted by Crippen LogP contribution is 2.13. The van der Waals surface area contributed by atoms with E-state index in [4.69, 9.17) is 9.47 Å². The van der Waals surface area contributed by atoms with E-state index in [9.17, 15) is 8.42 Å². The zero-order valence-corrected chi connectivity index (χ0v) is 12.7. The Morgan fingerprint density at radius 3 is 2.40 bits per heavy atom. The quantitative estimate of drug-likeness (QED) is 0.632. The predicted octanol–water partition coefficient (Wildman–Crippen LogP) is 1.06. The Hall–Kier alpha value is -1.15. The minimum absolute atomic E-state index is 0.261. The van der Waals surface area contributed by atoms with Crippen molar-refractivity contribution in [3.05, 3.63) is 24.3 Å². The zero-order chi connectivity index (χ0) is 14.8. The molecule has 0 bridgehead atoms. The summed E-state index contributed by atoms with van der Waals surface area (Å²) in [4.78, 5) is 0.261. The van der Waals surface area contributed by atoms with Gasteiger partial charge in [0.25, 0.3) is 0 Å². The zero-order valence-electron chi connectivity index (χ0n) is 11.9. The van der Waals surface area contributed by atoms with Gasteiger partial charge in [-0.1, -0.05) is 0 Å². The Kier molecular flexibility index (Phi) is 7.53. The van der Waals surface area contributed by atoms with E-state index >= 15 is 0 Å². The van der Waals surface area contributed by atoms with Crippen LogP contribution in [-0.4, -0.2) is 48.9 Å². The molecule has 0 atom stereocenters. The SMILES string of the molecule is CNc1ccc(S(=O)(=O)NCCCOCCOC)cc1. The van der Waals surface area contributed by atoms with Crippen LogP contribution in [0.25, 0.3) is 0 Å². The lowest BCUT2D eigenvalue weighted by atomic mass is 10.3. The van der Waals surface area contributed by atoms with Crippen LogP contribution in [0.15, 0.2) is 29.2 Å². The number of rotatable bonds is 10. The fourth-order valence-electron chi connectivity index (χ4n) is 1.51. The maximum Gasteiger partial charge on any atom is 0.240 e. The van der Waals surface area contributed by atoms with Gasteiger partial charge < -0.3 is 14.8 Å². The second kappa shape index (κ2) is 8.91. The van der Waals surface area contributed by atoms with E-state index in [-0.39, 0.29) is 4.90 Å². The molecule has 1 aromatic carbocycles. The van der Waals surface area contributed by atoms with Gasteiger partial charge in [-0.15, -0.1) is 0 Å². The van der Waals surface area contributed by atoms with E-state index < -0.39 is 10.0 Å². The molecule has 1 aromatic rings. The Bertz CT molecular complexity index is 474. The van der Waals surface area contributed by atoms with E-state index in [0.29, 0.717) is 32.8 Å². The van der Waals surface area contributed by atoms with Crippen LogP contribution in [-0.2, 0) is 19.5 Å². The maximum absolute atomic E-state index is 12.0. The third-order valence-corrected chi connectivity index (χ3v) is 4.12. The molecule has 0 radical (unpaired) electrons. The maximum atomic E-state index is 12.0. The first-order valence-corrected chi connectivity index (χ1v) is 7.92. The summed E-state index contributed by atoms with van der Waals surface area (Å²) in [5.41, 5.74) is 0.871. The van der Waals surface area contributed by atoms with Gasteiger partial charge in [0.2, 0.25) is 10.0 Å². The van der Waals surface area contributed by atoms with E-state index in [1.165, 1.54) is 0 Å². The van der Waals surface area contributed by atoms with Crippen molar-refractivity contribution in [2.45, 2.75) is 11.3 Å². The van der Waals surface area contributed by atoms with Crippen molar-refractivity contribution in [3.8, 4) is 0 Å². The molecule has 114 valence electrons. The molecule has 1 rings (SSSR count). The number of methoxy groups -OCH3 is 1. The molecule has 0 fully saturated rings. The van der Waals surface area contributed by atoms with Gasteiger partial charge in [-0.3, -0.25) is 0 Å². The molecule has 0 aliphatic rings. The summed E-state index contributed by atoms with van der Waals surface area (Å²) >= 11 is 0. The van der Waals surface area contributed by atoms with E-state index in [1.807, 2.05) is 0 Å². The minimum atomic E-state index is -3.44. The highest BCUT2D eigenvalue weighted by molar-refractivity contribution is 7.89. The van der Waals surface area contributed by atoms with Crippen molar-refractivity contribution in [1.29, 1.82) is 0 Å². The lowest BCUT2D eigenvalue weighted by Crippen LogP contribution is -2.25. The fraction of sp³-hybridized carbons (Fsp3) is 0.538. The minimum Gasteiger partial charge on any atom is -0.388 e. The molecule has 6 nitrogen and oxygen atoms in total. The van der Waals surface area contributed by atoms with Gasteiger partial charge in [-0.05, 0) is 30.7 Å². The highest BCUT2D eigenvalue weighted by Gasteiger charge is 2.12. The van der Waals surface area contributed by atoms with E-state index in [0.717, 1.165) is 5.69 Å². The van der Waals surface area contributed by atoms with Crippen molar-refractivity contribution in [2.24, 2.45) is 0 Å². The third-order valence-electron chi connectivity index (χ3n) is 2.64. The van der Waals surface area contributed by atoms with Crippen molar-refractivity contribution < 1.29 is 17.9 Å². The second-order valence-corrected chi connectivity index (χ2v) is 5.90. The smallest absolute Gasteiger partial charge is 0.240 e.